The lowest BCUT2D eigenvalue weighted by molar-refractivity contribution is 0.187. The third-order valence-electron chi connectivity index (χ3n) is 8.79. The SMILES string of the molecule is CC(C)c1cccc(C(C)C)c1-c1ncc2c(n1)N(C)C(C)C1(C)C=CC1(C)c1ccccc1N2. The highest BCUT2D eigenvalue weighted by atomic mass is 15.2. The number of hydrogen-bond acceptors (Lipinski definition) is 4. The van der Waals surface area contributed by atoms with E-state index in [9.17, 15) is 0 Å². The van der Waals surface area contributed by atoms with Gasteiger partial charge >= 0.3 is 0 Å². The van der Waals surface area contributed by atoms with E-state index < -0.39 is 0 Å². The molecule has 1 N–H and O–H groups in total. The molecular weight excluding hydrogens is 428 g/mol. The Morgan fingerprint density at radius 3 is 2.14 bits per heavy atom. The maximum atomic E-state index is 5.28. The van der Waals surface area contributed by atoms with E-state index >= 15 is 0 Å². The lowest BCUT2D eigenvalue weighted by Crippen LogP contribution is -2.56. The van der Waals surface area contributed by atoms with Crippen LogP contribution in [0.2, 0.25) is 0 Å². The molecule has 2 heterocycles. The van der Waals surface area contributed by atoms with Gasteiger partial charge in [0.2, 0.25) is 0 Å². The summed E-state index contributed by atoms with van der Waals surface area (Å²) in [6, 6.07) is 15.5. The molecule has 3 unspecified atom stereocenters. The summed E-state index contributed by atoms with van der Waals surface area (Å²) in [6.07, 6.45) is 6.71. The molecule has 4 nitrogen and oxygen atoms in total. The summed E-state index contributed by atoms with van der Waals surface area (Å²) >= 11 is 0. The molecule has 1 aliphatic heterocycles. The van der Waals surface area contributed by atoms with Gasteiger partial charge < -0.3 is 10.2 Å². The Hall–Kier alpha value is -3.14. The Kier molecular flexibility index (Phi) is 5.54. The summed E-state index contributed by atoms with van der Waals surface area (Å²) in [6.45, 7) is 16.1. The second-order valence-electron chi connectivity index (χ2n) is 11.3. The molecule has 5 rings (SSSR count). The zero-order valence-corrected chi connectivity index (χ0v) is 22.3. The number of rotatable bonds is 3. The molecule has 0 amide bonds. The maximum Gasteiger partial charge on any atom is 0.162 e. The molecule has 0 fully saturated rings. The van der Waals surface area contributed by atoms with Gasteiger partial charge in [-0.05, 0) is 41.5 Å². The number of fused-ring (bicyclic) bond motifs is 4. The molecule has 3 atom stereocenters. The van der Waals surface area contributed by atoms with Crippen molar-refractivity contribution in [3.8, 4) is 11.4 Å². The van der Waals surface area contributed by atoms with E-state index in [0.29, 0.717) is 11.8 Å². The van der Waals surface area contributed by atoms with E-state index in [1.807, 2.05) is 6.20 Å². The van der Waals surface area contributed by atoms with E-state index in [-0.39, 0.29) is 16.9 Å². The van der Waals surface area contributed by atoms with E-state index in [1.165, 1.54) is 22.3 Å². The van der Waals surface area contributed by atoms with Crippen molar-refractivity contribution >= 4 is 17.2 Å². The van der Waals surface area contributed by atoms with Gasteiger partial charge in [-0.25, -0.2) is 9.97 Å². The van der Waals surface area contributed by atoms with Crippen molar-refractivity contribution in [3.05, 3.63) is 77.5 Å². The molecule has 0 spiro atoms. The second kappa shape index (κ2) is 8.22. The lowest BCUT2D eigenvalue weighted by Gasteiger charge is -2.55. The topological polar surface area (TPSA) is 41.1 Å². The van der Waals surface area contributed by atoms with Crippen LogP contribution < -0.4 is 10.2 Å². The summed E-state index contributed by atoms with van der Waals surface area (Å²) in [5.74, 6) is 2.52. The molecule has 3 aromatic rings. The Balaban J connectivity index is 1.74. The number of para-hydroxylation sites is 1. The fraction of sp³-hybridized carbons (Fsp3) is 0.419. The van der Waals surface area contributed by atoms with E-state index in [4.69, 9.17) is 9.97 Å². The Bertz CT molecular complexity index is 1280. The zero-order chi connectivity index (χ0) is 25.1. The highest BCUT2D eigenvalue weighted by Gasteiger charge is 2.54. The molecule has 182 valence electrons. The standard InChI is InChI=1S/C31H38N4/c1-19(2)22-12-11-13-23(20(3)4)27(22)28-32-18-26-29(34-28)35(8)21(5)30(6)16-17-31(30,7)24-14-9-10-15-25(24)33-26/h9-21,33H,1-8H3. The fourth-order valence-corrected chi connectivity index (χ4v) is 5.98. The summed E-state index contributed by atoms with van der Waals surface area (Å²) in [5.41, 5.74) is 7.05. The minimum absolute atomic E-state index is 0.0365. The normalized spacial score (nSPS) is 25.1. The van der Waals surface area contributed by atoms with E-state index in [2.05, 4.69) is 120 Å². The average Bonchev–Trinajstić information content (AvgIpc) is 2.86. The van der Waals surface area contributed by atoms with Crippen molar-refractivity contribution in [2.75, 3.05) is 17.3 Å². The third-order valence-corrected chi connectivity index (χ3v) is 8.79. The number of hydrogen-bond donors (Lipinski definition) is 1. The van der Waals surface area contributed by atoms with Crippen LogP contribution in [0, 0.1) is 5.41 Å². The van der Waals surface area contributed by atoms with E-state index in [0.717, 1.165) is 23.0 Å². The van der Waals surface area contributed by atoms with Gasteiger partial charge in [-0.2, -0.15) is 0 Å². The smallest absolute Gasteiger partial charge is 0.162 e. The van der Waals surface area contributed by atoms with Crippen LogP contribution in [0.15, 0.2) is 60.8 Å². The third kappa shape index (κ3) is 3.41. The summed E-state index contributed by atoms with van der Waals surface area (Å²) in [4.78, 5) is 12.6. The summed E-state index contributed by atoms with van der Waals surface area (Å²) in [5, 5.41) is 3.71. The van der Waals surface area contributed by atoms with Crippen LogP contribution in [0.4, 0.5) is 17.2 Å². The quantitative estimate of drug-likeness (QED) is 0.400. The molecule has 2 aliphatic rings. The predicted molar refractivity (Wildman–Crippen MR) is 148 cm³/mol. The number of allylic oxidation sites excluding steroid dienone is 1. The van der Waals surface area contributed by atoms with Crippen LogP contribution >= 0.6 is 0 Å². The van der Waals surface area contributed by atoms with Crippen LogP contribution in [0.5, 0.6) is 0 Å². The number of nitrogens with one attached hydrogen (secondary N) is 1. The summed E-state index contributed by atoms with van der Waals surface area (Å²) < 4.78 is 0. The molecule has 0 bridgehead atoms. The van der Waals surface area contributed by atoms with Gasteiger partial charge in [0, 0.05) is 35.2 Å². The van der Waals surface area contributed by atoms with Crippen molar-refractivity contribution in [3.63, 3.8) is 0 Å². The fourth-order valence-electron chi connectivity index (χ4n) is 5.98. The number of nitrogens with zero attached hydrogens (tertiary/aromatic N) is 3. The van der Waals surface area contributed by atoms with Gasteiger partial charge in [0.15, 0.2) is 11.6 Å². The van der Waals surface area contributed by atoms with Gasteiger partial charge in [0.25, 0.3) is 0 Å². The monoisotopic (exact) mass is 466 g/mol. The average molecular weight is 467 g/mol. The lowest BCUT2D eigenvalue weighted by atomic mass is 9.51. The number of aromatic nitrogens is 2. The molecule has 4 heteroatoms. The number of benzene rings is 2. The molecule has 1 aromatic heterocycles. The largest absolute Gasteiger partial charge is 0.354 e. The van der Waals surface area contributed by atoms with Crippen LogP contribution in [0.1, 0.15) is 77.0 Å². The first kappa shape index (κ1) is 23.6. The second-order valence-corrected chi connectivity index (χ2v) is 11.3. The minimum Gasteiger partial charge on any atom is -0.354 e. The first-order valence-electron chi connectivity index (χ1n) is 12.9. The Labute approximate surface area is 210 Å². The van der Waals surface area contributed by atoms with Crippen LogP contribution in [0.3, 0.4) is 0 Å². The first-order chi connectivity index (χ1) is 16.6. The molecule has 35 heavy (non-hydrogen) atoms. The van der Waals surface area contributed by atoms with Gasteiger partial charge in [0.05, 0.1) is 6.20 Å². The van der Waals surface area contributed by atoms with Crippen molar-refractivity contribution in [1.82, 2.24) is 9.97 Å². The molecule has 0 saturated carbocycles. The van der Waals surface area contributed by atoms with Gasteiger partial charge in [-0.15, -0.1) is 0 Å². The summed E-state index contributed by atoms with van der Waals surface area (Å²) in [7, 11) is 2.17. The van der Waals surface area contributed by atoms with Crippen LogP contribution in [0.25, 0.3) is 11.4 Å². The highest BCUT2D eigenvalue weighted by Crippen LogP contribution is 2.57. The Morgan fingerprint density at radius 1 is 0.886 bits per heavy atom. The van der Waals surface area contributed by atoms with Gasteiger partial charge in [-0.3, -0.25) is 0 Å². The molecular formula is C31H38N4. The number of anilines is 3. The van der Waals surface area contributed by atoms with Crippen LogP contribution in [-0.4, -0.2) is 23.1 Å². The van der Waals surface area contributed by atoms with Crippen molar-refractivity contribution < 1.29 is 0 Å². The van der Waals surface area contributed by atoms with Crippen molar-refractivity contribution in [2.45, 2.75) is 71.8 Å². The highest BCUT2D eigenvalue weighted by molar-refractivity contribution is 5.78. The zero-order valence-electron chi connectivity index (χ0n) is 22.3. The molecule has 0 radical (unpaired) electrons. The first-order valence-corrected chi connectivity index (χ1v) is 12.9. The van der Waals surface area contributed by atoms with Crippen molar-refractivity contribution in [1.29, 1.82) is 0 Å². The Morgan fingerprint density at radius 2 is 1.54 bits per heavy atom. The minimum atomic E-state index is -0.0718. The molecule has 0 saturated heterocycles. The van der Waals surface area contributed by atoms with Gasteiger partial charge in [-0.1, -0.05) is 90.1 Å². The molecule has 2 aromatic carbocycles. The van der Waals surface area contributed by atoms with E-state index in [1.54, 1.807) is 0 Å². The maximum absolute atomic E-state index is 5.28. The molecule has 1 aliphatic carbocycles. The van der Waals surface area contributed by atoms with Gasteiger partial charge in [0.1, 0.15) is 5.69 Å². The van der Waals surface area contributed by atoms with Crippen molar-refractivity contribution in [2.24, 2.45) is 5.41 Å². The predicted octanol–water partition coefficient (Wildman–Crippen LogP) is 7.81. The van der Waals surface area contributed by atoms with Crippen LogP contribution in [-0.2, 0) is 5.41 Å².